The number of halogens is 1. The van der Waals surface area contributed by atoms with E-state index in [0.29, 0.717) is 22.0 Å². The van der Waals surface area contributed by atoms with Crippen LogP contribution in [-0.4, -0.2) is 30.5 Å². The standard InChI is InChI=1S/C24H19ClN2O5S/c1-2-31-24(30)14-5-9-16(10-6-14)26-22(28)19-20(18-4-3-13-33-18)27(32-21(19)23(26)29)17-11-7-15(25)8-12-17/h3-13,19-21H,2H2,1H3/t19-,20-,21+/m1/s1. The molecule has 2 aromatic carbocycles. The summed E-state index contributed by atoms with van der Waals surface area (Å²) in [4.78, 5) is 46.9. The number of hydrogen-bond acceptors (Lipinski definition) is 7. The van der Waals surface area contributed by atoms with Crippen LogP contribution in [0.25, 0.3) is 0 Å². The molecule has 2 aliphatic rings. The Morgan fingerprint density at radius 3 is 2.36 bits per heavy atom. The molecule has 0 spiro atoms. The molecule has 0 radical (unpaired) electrons. The van der Waals surface area contributed by atoms with Crippen LogP contribution in [0.4, 0.5) is 11.4 Å². The van der Waals surface area contributed by atoms with Gasteiger partial charge in [-0.15, -0.1) is 11.3 Å². The third-order valence-corrected chi connectivity index (χ3v) is 6.86. The van der Waals surface area contributed by atoms with Gasteiger partial charge in [-0.05, 0) is 66.9 Å². The Morgan fingerprint density at radius 1 is 1.03 bits per heavy atom. The number of esters is 1. The van der Waals surface area contributed by atoms with E-state index in [2.05, 4.69) is 0 Å². The highest BCUT2D eigenvalue weighted by molar-refractivity contribution is 7.10. The van der Waals surface area contributed by atoms with E-state index in [1.165, 1.54) is 11.3 Å². The summed E-state index contributed by atoms with van der Waals surface area (Å²) in [5.74, 6) is -1.95. The molecule has 33 heavy (non-hydrogen) atoms. The molecule has 0 unspecified atom stereocenters. The number of thiophene rings is 1. The van der Waals surface area contributed by atoms with Crippen LogP contribution >= 0.6 is 22.9 Å². The van der Waals surface area contributed by atoms with Crippen LogP contribution in [0.3, 0.4) is 0 Å². The van der Waals surface area contributed by atoms with E-state index in [-0.39, 0.29) is 12.5 Å². The van der Waals surface area contributed by atoms with Gasteiger partial charge in [-0.25, -0.2) is 14.8 Å². The van der Waals surface area contributed by atoms with Gasteiger partial charge in [0.15, 0.2) is 6.10 Å². The summed E-state index contributed by atoms with van der Waals surface area (Å²) >= 11 is 7.53. The highest BCUT2D eigenvalue weighted by Gasteiger charge is 2.60. The maximum absolute atomic E-state index is 13.5. The van der Waals surface area contributed by atoms with Gasteiger partial charge in [0.25, 0.3) is 5.91 Å². The molecular weight excluding hydrogens is 464 g/mol. The minimum atomic E-state index is -0.954. The third kappa shape index (κ3) is 3.70. The number of imide groups is 1. The quantitative estimate of drug-likeness (QED) is 0.390. The largest absolute Gasteiger partial charge is 0.462 e. The monoisotopic (exact) mass is 482 g/mol. The molecule has 2 amide bonds. The highest BCUT2D eigenvalue weighted by Crippen LogP contribution is 2.48. The molecule has 9 heteroatoms. The number of carbonyl (C=O) groups is 3. The van der Waals surface area contributed by atoms with E-state index in [1.54, 1.807) is 60.5 Å². The van der Waals surface area contributed by atoms with Crippen molar-refractivity contribution >= 4 is 52.1 Å². The average Bonchev–Trinajstić information content (AvgIpc) is 3.52. The molecule has 3 atom stereocenters. The Morgan fingerprint density at radius 2 is 1.73 bits per heavy atom. The Balaban J connectivity index is 1.48. The molecule has 3 heterocycles. The molecule has 2 fully saturated rings. The number of fused-ring (bicyclic) bond motifs is 1. The van der Waals surface area contributed by atoms with Crippen molar-refractivity contribution in [2.45, 2.75) is 19.1 Å². The number of anilines is 2. The zero-order valence-corrected chi connectivity index (χ0v) is 19.1. The maximum Gasteiger partial charge on any atom is 0.338 e. The van der Waals surface area contributed by atoms with Crippen LogP contribution in [0.15, 0.2) is 66.0 Å². The summed E-state index contributed by atoms with van der Waals surface area (Å²) in [6.45, 7) is 1.99. The lowest BCUT2D eigenvalue weighted by Crippen LogP contribution is -2.37. The first-order chi connectivity index (χ1) is 16.0. The number of rotatable bonds is 5. The number of amides is 2. The predicted molar refractivity (Wildman–Crippen MR) is 124 cm³/mol. The van der Waals surface area contributed by atoms with Gasteiger partial charge in [-0.1, -0.05) is 17.7 Å². The Hall–Kier alpha value is -3.20. The first kappa shape index (κ1) is 21.6. The van der Waals surface area contributed by atoms with Crippen LogP contribution < -0.4 is 9.96 Å². The number of hydrogen-bond donors (Lipinski definition) is 0. The van der Waals surface area contributed by atoms with Gasteiger partial charge in [-0.3, -0.25) is 14.4 Å². The van der Waals surface area contributed by atoms with Crippen LogP contribution in [0.5, 0.6) is 0 Å². The number of benzene rings is 2. The van der Waals surface area contributed by atoms with Gasteiger partial charge in [0, 0.05) is 9.90 Å². The van der Waals surface area contributed by atoms with Gasteiger partial charge >= 0.3 is 5.97 Å². The summed E-state index contributed by atoms with van der Waals surface area (Å²) < 4.78 is 4.99. The summed E-state index contributed by atoms with van der Waals surface area (Å²) in [6.07, 6.45) is -0.954. The van der Waals surface area contributed by atoms with E-state index in [0.717, 1.165) is 9.78 Å². The number of carbonyl (C=O) groups excluding carboxylic acids is 3. The summed E-state index contributed by atoms with van der Waals surface area (Å²) in [5.41, 5.74) is 1.44. The highest BCUT2D eigenvalue weighted by atomic mass is 35.5. The molecule has 2 aliphatic heterocycles. The minimum absolute atomic E-state index is 0.263. The average molecular weight is 483 g/mol. The molecule has 0 N–H and O–H groups in total. The second-order valence-corrected chi connectivity index (χ2v) is 9.01. The molecule has 0 aliphatic carbocycles. The molecule has 1 aromatic heterocycles. The van der Waals surface area contributed by atoms with Gasteiger partial charge < -0.3 is 4.74 Å². The molecule has 5 rings (SSSR count). The van der Waals surface area contributed by atoms with Gasteiger partial charge in [-0.2, -0.15) is 0 Å². The molecule has 168 valence electrons. The smallest absolute Gasteiger partial charge is 0.338 e. The van der Waals surface area contributed by atoms with Crippen molar-refractivity contribution in [3.63, 3.8) is 0 Å². The first-order valence-corrected chi connectivity index (χ1v) is 11.7. The third-order valence-electron chi connectivity index (χ3n) is 5.67. The second kappa shape index (κ2) is 8.62. The van der Waals surface area contributed by atoms with Crippen molar-refractivity contribution in [3.05, 3.63) is 81.5 Å². The fourth-order valence-corrected chi connectivity index (χ4v) is 5.17. The fraction of sp³-hybridized carbons (Fsp3) is 0.208. The molecule has 0 saturated carbocycles. The molecule has 7 nitrogen and oxygen atoms in total. The summed E-state index contributed by atoms with van der Waals surface area (Å²) in [7, 11) is 0. The van der Waals surface area contributed by atoms with Crippen LogP contribution in [0.2, 0.25) is 5.02 Å². The van der Waals surface area contributed by atoms with Gasteiger partial charge in [0.05, 0.1) is 23.5 Å². The summed E-state index contributed by atoms with van der Waals surface area (Å²) in [5, 5.41) is 4.14. The Labute approximate surface area is 199 Å². The number of nitrogens with zero attached hydrogens (tertiary/aromatic N) is 2. The van der Waals surface area contributed by atoms with E-state index in [9.17, 15) is 14.4 Å². The van der Waals surface area contributed by atoms with Crippen LogP contribution in [0, 0.1) is 5.92 Å². The van der Waals surface area contributed by atoms with E-state index >= 15 is 0 Å². The zero-order valence-electron chi connectivity index (χ0n) is 17.5. The lowest BCUT2D eigenvalue weighted by atomic mass is 9.95. The van der Waals surface area contributed by atoms with Crippen molar-refractivity contribution < 1.29 is 24.0 Å². The lowest BCUT2D eigenvalue weighted by Gasteiger charge is -2.27. The van der Waals surface area contributed by atoms with E-state index in [4.69, 9.17) is 21.2 Å². The van der Waals surface area contributed by atoms with Gasteiger partial charge in [0.2, 0.25) is 5.91 Å². The zero-order chi connectivity index (χ0) is 23.1. The van der Waals surface area contributed by atoms with Crippen molar-refractivity contribution in [3.8, 4) is 0 Å². The predicted octanol–water partition coefficient (Wildman–Crippen LogP) is 4.63. The molecule has 3 aromatic rings. The van der Waals surface area contributed by atoms with E-state index < -0.39 is 29.9 Å². The first-order valence-electron chi connectivity index (χ1n) is 10.4. The van der Waals surface area contributed by atoms with Gasteiger partial charge in [0.1, 0.15) is 12.0 Å². The number of hydroxylamine groups is 1. The maximum atomic E-state index is 13.5. The molecule has 0 bridgehead atoms. The van der Waals surface area contributed by atoms with Crippen LogP contribution in [0.1, 0.15) is 28.2 Å². The minimum Gasteiger partial charge on any atom is -0.462 e. The Kier molecular flexibility index (Phi) is 5.65. The fourth-order valence-electron chi connectivity index (χ4n) is 4.19. The molecule has 2 saturated heterocycles. The Bertz CT molecular complexity index is 1200. The van der Waals surface area contributed by atoms with Crippen molar-refractivity contribution in [2.75, 3.05) is 16.6 Å². The van der Waals surface area contributed by atoms with Crippen molar-refractivity contribution in [1.29, 1.82) is 0 Å². The summed E-state index contributed by atoms with van der Waals surface area (Å²) in [6, 6.07) is 16.7. The van der Waals surface area contributed by atoms with Crippen LogP contribution in [-0.2, 0) is 19.2 Å². The topological polar surface area (TPSA) is 76.2 Å². The lowest BCUT2D eigenvalue weighted by molar-refractivity contribution is -0.126. The van der Waals surface area contributed by atoms with Crippen molar-refractivity contribution in [2.24, 2.45) is 5.92 Å². The van der Waals surface area contributed by atoms with Crippen molar-refractivity contribution in [1.82, 2.24) is 0 Å². The normalized spacial score (nSPS) is 22.1. The SMILES string of the molecule is CCOC(=O)c1ccc(N2C(=O)[C@H]3[C@H](ON(c4ccc(Cl)cc4)[C@@H]3c3cccs3)C2=O)cc1. The van der Waals surface area contributed by atoms with E-state index in [1.807, 2.05) is 17.5 Å². The molecular formula is C24H19ClN2O5S. The second-order valence-electron chi connectivity index (χ2n) is 7.59. The number of ether oxygens (including phenoxy) is 1.